The first-order valence-corrected chi connectivity index (χ1v) is 11.4. The molecule has 0 bridgehead atoms. The number of carbonyl (C=O) groups is 3. The number of hydrogen-bond donors (Lipinski definition) is 3. The average Bonchev–Trinajstić information content (AvgIpc) is 3.43. The first-order valence-electron chi connectivity index (χ1n) is 11.4. The van der Waals surface area contributed by atoms with Gasteiger partial charge < -0.3 is 24.9 Å². The summed E-state index contributed by atoms with van der Waals surface area (Å²) in [6, 6.07) is 19.1. The summed E-state index contributed by atoms with van der Waals surface area (Å²) in [5.41, 5.74) is 4.09. The van der Waals surface area contributed by atoms with Crippen LogP contribution < -0.4 is 10.6 Å². The number of furan rings is 1. The van der Waals surface area contributed by atoms with Crippen LogP contribution in [0.1, 0.15) is 53.6 Å². The van der Waals surface area contributed by atoms with Gasteiger partial charge in [-0.25, -0.2) is 9.59 Å². The summed E-state index contributed by atoms with van der Waals surface area (Å²) in [5, 5.41) is 14.4. The van der Waals surface area contributed by atoms with Crippen LogP contribution in [-0.2, 0) is 16.1 Å². The molecule has 3 aromatic rings. The number of carbonyl (C=O) groups excluding carboxylic acids is 2. The Morgan fingerprint density at radius 1 is 0.943 bits per heavy atom. The zero-order valence-electron chi connectivity index (χ0n) is 19.7. The van der Waals surface area contributed by atoms with E-state index in [1.807, 2.05) is 38.1 Å². The summed E-state index contributed by atoms with van der Waals surface area (Å²) in [6.07, 6.45) is -0.375. The van der Waals surface area contributed by atoms with Crippen LogP contribution in [0.3, 0.4) is 0 Å². The third-order valence-corrected chi connectivity index (χ3v) is 6.03. The van der Waals surface area contributed by atoms with Gasteiger partial charge in [0.2, 0.25) is 11.7 Å². The van der Waals surface area contributed by atoms with E-state index in [1.165, 1.54) is 12.1 Å². The highest BCUT2D eigenvalue weighted by molar-refractivity contribution is 5.84. The molecular formula is C27H28N2O6. The van der Waals surface area contributed by atoms with Crippen molar-refractivity contribution in [3.63, 3.8) is 0 Å². The number of carboxylic acid groups (broad SMARTS) is 1. The van der Waals surface area contributed by atoms with Gasteiger partial charge in [0.1, 0.15) is 12.4 Å². The van der Waals surface area contributed by atoms with Crippen molar-refractivity contribution in [3.05, 3.63) is 83.3 Å². The molecule has 0 spiro atoms. The van der Waals surface area contributed by atoms with Gasteiger partial charge >= 0.3 is 12.1 Å². The monoisotopic (exact) mass is 476 g/mol. The van der Waals surface area contributed by atoms with E-state index in [9.17, 15) is 14.4 Å². The summed E-state index contributed by atoms with van der Waals surface area (Å²) in [5.74, 6) is -1.25. The van der Waals surface area contributed by atoms with Gasteiger partial charge in [-0.3, -0.25) is 4.79 Å². The molecule has 0 fully saturated rings. The molecule has 2 aromatic carbocycles. The largest absolute Gasteiger partial charge is 0.475 e. The molecule has 8 heteroatoms. The van der Waals surface area contributed by atoms with Crippen LogP contribution in [0.2, 0.25) is 0 Å². The molecule has 0 radical (unpaired) electrons. The lowest BCUT2D eigenvalue weighted by molar-refractivity contribution is -0.123. The molecule has 0 saturated heterocycles. The fourth-order valence-corrected chi connectivity index (χ4v) is 4.29. The topological polar surface area (TPSA) is 118 Å². The predicted octanol–water partition coefficient (Wildman–Crippen LogP) is 4.55. The van der Waals surface area contributed by atoms with Gasteiger partial charge in [-0.05, 0) is 39.8 Å². The molecule has 1 aliphatic rings. The zero-order valence-corrected chi connectivity index (χ0v) is 19.7. The summed E-state index contributed by atoms with van der Waals surface area (Å²) in [7, 11) is 0. The third-order valence-electron chi connectivity index (χ3n) is 6.03. The number of nitrogens with one attached hydrogen (secondary N) is 2. The minimum absolute atomic E-state index is 0.0184. The van der Waals surface area contributed by atoms with E-state index in [1.54, 1.807) is 0 Å². The van der Waals surface area contributed by atoms with Crippen molar-refractivity contribution < 1.29 is 28.6 Å². The molecule has 1 aromatic heterocycles. The SMILES string of the molecule is CC(C)(CNC(=O)OCC1c2ccccc2-c2ccccc21)CC(=O)NCc1ccc(C(=O)O)o1. The van der Waals surface area contributed by atoms with Crippen LogP contribution >= 0.6 is 0 Å². The smallest absolute Gasteiger partial charge is 0.407 e. The number of benzene rings is 2. The number of aromatic carboxylic acids is 1. The van der Waals surface area contributed by atoms with Gasteiger partial charge in [0.15, 0.2) is 0 Å². The second-order valence-electron chi connectivity index (χ2n) is 9.37. The molecule has 0 unspecified atom stereocenters. The molecular weight excluding hydrogens is 448 g/mol. The van der Waals surface area contributed by atoms with Crippen molar-refractivity contribution >= 4 is 18.0 Å². The Morgan fingerprint density at radius 3 is 2.17 bits per heavy atom. The fourth-order valence-electron chi connectivity index (χ4n) is 4.29. The van der Waals surface area contributed by atoms with E-state index < -0.39 is 17.5 Å². The highest BCUT2D eigenvalue weighted by atomic mass is 16.5. The van der Waals surface area contributed by atoms with Gasteiger partial charge in [0.05, 0.1) is 6.54 Å². The van der Waals surface area contributed by atoms with E-state index in [2.05, 4.69) is 34.9 Å². The number of fused-ring (bicyclic) bond motifs is 3. The Bertz CT molecular complexity index is 1200. The van der Waals surface area contributed by atoms with Crippen LogP contribution in [0.15, 0.2) is 65.1 Å². The highest BCUT2D eigenvalue weighted by Crippen LogP contribution is 2.44. The van der Waals surface area contributed by atoms with Gasteiger partial charge in [-0.2, -0.15) is 0 Å². The number of hydrogen-bond acceptors (Lipinski definition) is 5. The predicted molar refractivity (Wildman–Crippen MR) is 129 cm³/mol. The van der Waals surface area contributed by atoms with Crippen LogP contribution in [0.5, 0.6) is 0 Å². The highest BCUT2D eigenvalue weighted by Gasteiger charge is 2.29. The number of alkyl carbamates (subject to hydrolysis) is 1. The Morgan fingerprint density at radius 2 is 1.57 bits per heavy atom. The molecule has 8 nitrogen and oxygen atoms in total. The van der Waals surface area contributed by atoms with Crippen molar-refractivity contribution in [2.24, 2.45) is 5.41 Å². The first kappa shape index (κ1) is 24.1. The third kappa shape index (κ3) is 5.71. The summed E-state index contributed by atoms with van der Waals surface area (Å²) >= 11 is 0. The quantitative estimate of drug-likeness (QED) is 0.417. The van der Waals surface area contributed by atoms with Gasteiger partial charge in [-0.1, -0.05) is 62.4 Å². The molecule has 2 amide bonds. The Balaban J connectivity index is 1.24. The Kier molecular flexibility index (Phi) is 6.91. The Labute approximate surface area is 203 Å². The molecule has 0 saturated carbocycles. The van der Waals surface area contributed by atoms with Crippen LogP contribution in [0.4, 0.5) is 4.79 Å². The normalized spacial score (nSPS) is 12.5. The van der Waals surface area contributed by atoms with Crippen molar-refractivity contribution in [3.8, 4) is 11.1 Å². The number of carboxylic acids is 1. The van der Waals surface area contributed by atoms with Crippen molar-refractivity contribution in [2.75, 3.05) is 13.2 Å². The zero-order chi connectivity index (χ0) is 25.0. The lowest BCUT2D eigenvalue weighted by Crippen LogP contribution is -2.38. The number of amides is 2. The first-order chi connectivity index (χ1) is 16.7. The van der Waals surface area contributed by atoms with E-state index in [4.69, 9.17) is 14.3 Å². The molecule has 1 heterocycles. The molecule has 1 aliphatic carbocycles. The summed E-state index contributed by atoms with van der Waals surface area (Å²) in [6.45, 7) is 4.29. The molecule has 3 N–H and O–H groups in total. The minimum atomic E-state index is -1.16. The molecule has 182 valence electrons. The van der Waals surface area contributed by atoms with E-state index in [-0.39, 0.29) is 43.7 Å². The van der Waals surface area contributed by atoms with Crippen LogP contribution in [0.25, 0.3) is 11.1 Å². The van der Waals surface area contributed by atoms with Crippen LogP contribution in [0, 0.1) is 5.41 Å². The molecule has 4 rings (SSSR count). The van der Waals surface area contributed by atoms with E-state index >= 15 is 0 Å². The second-order valence-corrected chi connectivity index (χ2v) is 9.37. The maximum absolute atomic E-state index is 12.4. The van der Waals surface area contributed by atoms with Gasteiger partial charge in [0, 0.05) is 18.9 Å². The van der Waals surface area contributed by atoms with Crippen molar-refractivity contribution in [2.45, 2.75) is 32.7 Å². The summed E-state index contributed by atoms with van der Waals surface area (Å²) in [4.78, 5) is 35.6. The molecule has 0 atom stereocenters. The fraction of sp³-hybridized carbons (Fsp3) is 0.296. The second kappa shape index (κ2) is 10.0. The van der Waals surface area contributed by atoms with E-state index in [0.717, 1.165) is 22.3 Å². The number of rotatable bonds is 9. The lowest BCUT2D eigenvalue weighted by Gasteiger charge is -2.24. The van der Waals surface area contributed by atoms with Crippen LogP contribution in [-0.4, -0.2) is 36.2 Å². The number of ether oxygens (including phenoxy) is 1. The maximum Gasteiger partial charge on any atom is 0.407 e. The van der Waals surface area contributed by atoms with Crippen molar-refractivity contribution in [1.82, 2.24) is 10.6 Å². The molecule has 35 heavy (non-hydrogen) atoms. The lowest BCUT2D eigenvalue weighted by atomic mass is 9.89. The molecule has 0 aliphatic heterocycles. The van der Waals surface area contributed by atoms with E-state index in [0.29, 0.717) is 5.76 Å². The Hall–Kier alpha value is -4.07. The van der Waals surface area contributed by atoms with Gasteiger partial charge in [-0.15, -0.1) is 0 Å². The summed E-state index contributed by atoms with van der Waals surface area (Å²) < 4.78 is 10.7. The maximum atomic E-state index is 12.4. The average molecular weight is 477 g/mol. The van der Waals surface area contributed by atoms with Crippen molar-refractivity contribution in [1.29, 1.82) is 0 Å². The standard InChI is InChI=1S/C27H28N2O6/c1-27(2,13-24(30)28-14-17-11-12-23(35-17)25(31)32)16-29-26(33)34-15-22-20-9-5-3-7-18(20)19-8-4-6-10-21(19)22/h3-12,22H,13-16H2,1-2H3,(H,28,30)(H,29,33)(H,31,32). The van der Waals surface area contributed by atoms with Gasteiger partial charge in [0.25, 0.3) is 0 Å². The minimum Gasteiger partial charge on any atom is -0.475 e.